The van der Waals surface area contributed by atoms with Crippen molar-refractivity contribution in [2.45, 2.75) is 24.7 Å². The van der Waals surface area contributed by atoms with Crippen LogP contribution in [-0.2, 0) is 11.3 Å². The fourth-order valence-corrected chi connectivity index (χ4v) is 4.71. The highest BCUT2D eigenvalue weighted by Gasteiger charge is 2.29. The lowest BCUT2D eigenvalue weighted by molar-refractivity contribution is -0.118. The van der Waals surface area contributed by atoms with Gasteiger partial charge in [0.1, 0.15) is 11.0 Å². The lowest BCUT2D eigenvalue weighted by Crippen LogP contribution is -2.54. The number of carbonyl (C=O) groups excluding carboxylic acids is 2. The van der Waals surface area contributed by atoms with Crippen LogP contribution in [0, 0.1) is 0 Å². The lowest BCUT2D eigenvalue weighted by atomic mass is 10.1. The molecule has 2 heterocycles. The van der Waals surface area contributed by atoms with Crippen molar-refractivity contribution in [3.63, 3.8) is 0 Å². The molecular formula is C25H26ClN5O2S. The first-order chi connectivity index (χ1) is 16.5. The van der Waals surface area contributed by atoms with Crippen molar-refractivity contribution >= 4 is 41.0 Å². The number of carbonyl (C=O) groups is 2. The Morgan fingerprint density at radius 3 is 2.47 bits per heavy atom. The molecule has 1 atom stereocenters. The molecule has 1 unspecified atom stereocenters. The molecule has 34 heavy (non-hydrogen) atoms. The second-order valence-corrected chi connectivity index (χ2v) is 9.37. The maximum atomic E-state index is 12.9. The SMILES string of the molecule is CC1CN(c2cc(Cl)nc(SCC(=O)NCc3ccccc3)n2)CCN1C(=O)c1ccccc1. The summed E-state index contributed by atoms with van der Waals surface area (Å²) in [6.07, 6.45) is 0. The maximum absolute atomic E-state index is 12.9. The number of amides is 2. The molecule has 1 fully saturated rings. The van der Waals surface area contributed by atoms with Gasteiger partial charge in [-0.15, -0.1) is 0 Å². The Kier molecular flexibility index (Phi) is 8.03. The molecule has 1 aliphatic heterocycles. The quantitative estimate of drug-likeness (QED) is 0.304. The van der Waals surface area contributed by atoms with Crippen LogP contribution in [0.15, 0.2) is 71.9 Å². The van der Waals surface area contributed by atoms with Gasteiger partial charge in [0.2, 0.25) is 5.91 Å². The van der Waals surface area contributed by atoms with E-state index in [2.05, 4.69) is 20.2 Å². The second-order valence-electron chi connectivity index (χ2n) is 8.04. The Balaban J connectivity index is 1.34. The molecule has 9 heteroatoms. The van der Waals surface area contributed by atoms with Crippen LogP contribution in [0.3, 0.4) is 0 Å². The summed E-state index contributed by atoms with van der Waals surface area (Å²) in [5, 5.41) is 3.68. The van der Waals surface area contributed by atoms with Crippen LogP contribution in [0.25, 0.3) is 0 Å². The van der Waals surface area contributed by atoms with E-state index in [1.807, 2.05) is 72.5 Å². The van der Waals surface area contributed by atoms with Gasteiger partial charge in [-0.2, -0.15) is 0 Å². The standard InChI is InChI=1S/C25H26ClN5O2S/c1-18-16-30(12-13-31(18)24(33)20-10-6-3-7-11-20)22-14-21(26)28-25(29-22)34-17-23(32)27-15-19-8-4-2-5-9-19/h2-11,14,18H,12-13,15-17H2,1H3,(H,27,32). The van der Waals surface area contributed by atoms with Crippen molar-refractivity contribution in [3.05, 3.63) is 83.0 Å². The van der Waals surface area contributed by atoms with E-state index < -0.39 is 0 Å². The van der Waals surface area contributed by atoms with E-state index in [1.54, 1.807) is 6.07 Å². The molecule has 1 aromatic heterocycles. The highest BCUT2D eigenvalue weighted by Crippen LogP contribution is 2.24. The Hall–Kier alpha value is -3.10. The van der Waals surface area contributed by atoms with Crippen LogP contribution >= 0.6 is 23.4 Å². The largest absolute Gasteiger partial charge is 0.353 e. The molecule has 176 valence electrons. The van der Waals surface area contributed by atoms with Gasteiger partial charge in [-0.1, -0.05) is 71.9 Å². The van der Waals surface area contributed by atoms with Gasteiger partial charge in [0.05, 0.1) is 5.75 Å². The minimum Gasteiger partial charge on any atom is -0.353 e. The van der Waals surface area contributed by atoms with E-state index >= 15 is 0 Å². The zero-order valence-electron chi connectivity index (χ0n) is 18.9. The molecule has 4 rings (SSSR count). The van der Waals surface area contributed by atoms with Gasteiger partial charge < -0.3 is 15.1 Å². The number of piperazine rings is 1. The van der Waals surface area contributed by atoms with Crippen molar-refractivity contribution in [2.75, 3.05) is 30.3 Å². The smallest absolute Gasteiger partial charge is 0.254 e. The lowest BCUT2D eigenvalue weighted by Gasteiger charge is -2.40. The van der Waals surface area contributed by atoms with Gasteiger partial charge in [-0.05, 0) is 24.6 Å². The molecule has 2 amide bonds. The summed E-state index contributed by atoms with van der Waals surface area (Å²) in [6, 6.07) is 20.8. The van der Waals surface area contributed by atoms with E-state index in [9.17, 15) is 9.59 Å². The van der Waals surface area contributed by atoms with Gasteiger partial charge in [0.15, 0.2) is 5.16 Å². The summed E-state index contributed by atoms with van der Waals surface area (Å²) in [5.41, 5.74) is 1.73. The summed E-state index contributed by atoms with van der Waals surface area (Å²) >= 11 is 7.51. The summed E-state index contributed by atoms with van der Waals surface area (Å²) in [6.45, 7) is 4.36. The molecule has 3 aromatic rings. The highest BCUT2D eigenvalue weighted by atomic mass is 35.5. The number of aromatic nitrogens is 2. The van der Waals surface area contributed by atoms with Crippen molar-refractivity contribution in [1.29, 1.82) is 0 Å². The van der Waals surface area contributed by atoms with Gasteiger partial charge in [-0.3, -0.25) is 9.59 Å². The minimum absolute atomic E-state index is 0.00932. The number of anilines is 1. The van der Waals surface area contributed by atoms with E-state index in [4.69, 9.17) is 11.6 Å². The number of benzene rings is 2. The van der Waals surface area contributed by atoms with Crippen molar-refractivity contribution in [2.24, 2.45) is 0 Å². The van der Waals surface area contributed by atoms with Crippen LogP contribution in [-0.4, -0.2) is 58.1 Å². The van der Waals surface area contributed by atoms with Gasteiger partial charge in [0, 0.05) is 43.9 Å². The molecular weight excluding hydrogens is 470 g/mol. The summed E-state index contributed by atoms with van der Waals surface area (Å²) < 4.78 is 0. The molecule has 0 aliphatic carbocycles. The number of hydrogen-bond acceptors (Lipinski definition) is 6. The van der Waals surface area contributed by atoms with Crippen LogP contribution in [0.4, 0.5) is 5.82 Å². The molecule has 2 aromatic carbocycles. The Labute approximate surface area is 208 Å². The van der Waals surface area contributed by atoms with Crippen molar-refractivity contribution < 1.29 is 9.59 Å². The zero-order chi connectivity index (χ0) is 23.9. The first kappa shape index (κ1) is 24.0. The molecule has 0 spiro atoms. The molecule has 1 saturated heterocycles. The first-order valence-electron chi connectivity index (χ1n) is 11.1. The normalized spacial score (nSPS) is 15.8. The summed E-state index contributed by atoms with van der Waals surface area (Å²) in [4.78, 5) is 38.0. The van der Waals surface area contributed by atoms with E-state index in [-0.39, 0.29) is 23.6 Å². The van der Waals surface area contributed by atoms with Gasteiger partial charge in [0.25, 0.3) is 5.91 Å². The summed E-state index contributed by atoms with van der Waals surface area (Å²) in [5.74, 6) is 0.834. The first-order valence-corrected chi connectivity index (χ1v) is 12.4. The number of thioether (sulfide) groups is 1. The molecule has 1 N–H and O–H groups in total. The third-order valence-corrected chi connectivity index (χ3v) is 6.60. The van der Waals surface area contributed by atoms with Gasteiger partial charge >= 0.3 is 0 Å². The second kappa shape index (κ2) is 11.4. The van der Waals surface area contributed by atoms with Crippen LogP contribution < -0.4 is 10.2 Å². The van der Waals surface area contributed by atoms with Crippen LogP contribution in [0.1, 0.15) is 22.8 Å². The number of rotatable bonds is 7. The Bertz CT molecular complexity index is 1130. The number of nitrogens with zero attached hydrogens (tertiary/aromatic N) is 4. The number of nitrogens with one attached hydrogen (secondary N) is 1. The van der Waals surface area contributed by atoms with E-state index in [0.29, 0.717) is 47.9 Å². The van der Waals surface area contributed by atoms with Crippen molar-refractivity contribution in [1.82, 2.24) is 20.2 Å². The predicted molar refractivity (Wildman–Crippen MR) is 135 cm³/mol. The monoisotopic (exact) mass is 495 g/mol. The fraction of sp³-hybridized carbons (Fsp3) is 0.280. The Morgan fingerprint density at radius 2 is 1.76 bits per heavy atom. The molecule has 0 bridgehead atoms. The highest BCUT2D eigenvalue weighted by molar-refractivity contribution is 7.99. The molecule has 0 saturated carbocycles. The van der Waals surface area contributed by atoms with Crippen molar-refractivity contribution in [3.8, 4) is 0 Å². The number of hydrogen-bond donors (Lipinski definition) is 1. The zero-order valence-corrected chi connectivity index (χ0v) is 20.4. The Morgan fingerprint density at radius 1 is 1.06 bits per heavy atom. The average Bonchev–Trinajstić information content (AvgIpc) is 2.86. The third kappa shape index (κ3) is 6.27. The number of halogens is 1. The van der Waals surface area contributed by atoms with Crippen LogP contribution in [0.2, 0.25) is 5.15 Å². The van der Waals surface area contributed by atoms with Crippen LogP contribution in [0.5, 0.6) is 0 Å². The molecule has 1 aliphatic rings. The molecule has 0 radical (unpaired) electrons. The molecule has 7 nitrogen and oxygen atoms in total. The minimum atomic E-state index is -0.0966. The van der Waals surface area contributed by atoms with E-state index in [1.165, 1.54) is 11.8 Å². The predicted octanol–water partition coefficient (Wildman–Crippen LogP) is 3.89. The fourth-order valence-electron chi connectivity index (χ4n) is 3.80. The third-order valence-electron chi connectivity index (χ3n) is 5.56. The van der Waals surface area contributed by atoms with E-state index in [0.717, 1.165) is 5.56 Å². The topological polar surface area (TPSA) is 78.4 Å². The average molecular weight is 496 g/mol. The van der Waals surface area contributed by atoms with Gasteiger partial charge in [-0.25, -0.2) is 9.97 Å². The maximum Gasteiger partial charge on any atom is 0.254 e. The summed E-state index contributed by atoms with van der Waals surface area (Å²) in [7, 11) is 0.